The summed E-state index contributed by atoms with van der Waals surface area (Å²) in [6, 6.07) is 7.44. The van der Waals surface area contributed by atoms with E-state index in [0.29, 0.717) is 18.5 Å². The van der Waals surface area contributed by atoms with Gasteiger partial charge < -0.3 is 10.4 Å². The monoisotopic (exact) mass is 221 g/mol. The highest BCUT2D eigenvalue weighted by molar-refractivity contribution is 5.94. The molecule has 0 fully saturated rings. The molecule has 1 rings (SSSR count). The van der Waals surface area contributed by atoms with Crippen molar-refractivity contribution in [3.05, 3.63) is 35.4 Å². The van der Waals surface area contributed by atoms with E-state index in [2.05, 4.69) is 5.32 Å². The molecule has 88 valence electrons. The molecule has 3 nitrogen and oxygen atoms in total. The van der Waals surface area contributed by atoms with Crippen molar-refractivity contribution < 1.29 is 9.90 Å². The second kappa shape index (κ2) is 6.28. The van der Waals surface area contributed by atoms with Crippen molar-refractivity contribution in [1.82, 2.24) is 5.32 Å². The number of aryl methyl sites for hydroxylation is 1. The Morgan fingerprint density at radius 1 is 1.38 bits per heavy atom. The first-order valence-corrected chi connectivity index (χ1v) is 5.66. The first-order chi connectivity index (χ1) is 7.63. The normalized spacial score (nSPS) is 12.2. The fraction of sp³-hybridized carbons (Fsp3) is 0.462. The molecule has 0 radical (unpaired) electrons. The van der Waals surface area contributed by atoms with Crippen molar-refractivity contribution >= 4 is 5.91 Å². The summed E-state index contributed by atoms with van der Waals surface area (Å²) in [4.78, 5) is 11.6. The quantitative estimate of drug-likeness (QED) is 0.797. The highest BCUT2D eigenvalue weighted by Gasteiger charge is 2.05. The highest BCUT2D eigenvalue weighted by Crippen LogP contribution is 2.03. The summed E-state index contributed by atoms with van der Waals surface area (Å²) in [7, 11) is 0. The maximum atomic E-state index is 11.6. The van der Waals surface area contributed by atoms with Crippen LogP contribution in [0.3, 0.4) is 0 Å². The zero-order valence-electron chi connectivity index (χ0n) is 9.86. The van der Waals surface area contributed by atoms with Gasteiger partial charge in [0.1, 0.15) is 0 Å². The maximum absolute atomic E-state index is 11.6. The summed E-state index contributed by atoms with van der Waals surface area (Å²) >= 11 is 0. The molecule has 0 aliphatic rings. The van der Waals surface area contributed by atoms with E-state index in [-0.39, 0.29) is 12.0 Å². The number of rotatable bonds is 5. The van der Waals surface area contributed by atoms with Gasteiger partial charge in [-0.05, 0) is 31.9 Å². The minimum absolute atomic E-state index is 0.0803. The second-order valence-electron chi connectivity index (χ2n) is 3.97. The molecule has 16 heavy (non-hydrogen) atoms. The van der Waals surface area contributed by atoms with Gasteiger partial charge in [0.2, 0.25) is 0 Å². The summed E-state index contributed by atoms with van der Waals surface area (Å²) < 4.78 is 0. The number of hydrogen-bond donors (Lipinski definition) is 2. The number of amides is 1. The zero-order valence-corrected chi connectivity index (χ0v) is 9.86. The Bertz CT molecular complexity index is 332. The van der Waals surface area contributed by atoms with E-state index in [9.17, 15) is 9.90 Å². The summed E-state index contributed by atoms with van der Waals surface area (Å²) in [5.74, 6) is -0.0803. The molecule has 1 amide bonds. The van der Waals surface area contributed by atoms with Crippen LogP contribution in [0.4, 0.5) is 0 Å². The number of aliphatic hydroxyl groups excluding tert-OH is 1. The van der Waals surface area contributed by atoms with Crippen LogP contribution in [0.5, 0.6) is 0 Å². The van der Waals surface area contributed by atoms with E-state index in [1.54, 1.807) is 12.1 Å². The van der Waals surface area contributed by atoms with Crippen molar-refractivity contribution in [2.75, 3.05) is 6.54 Å². The van der Waals surface area contributed by atoms with Gasteiger partial charge in [0, 0.05) is 12.1 Å². The van der Waals surface area contributed by atoms with Crippen molar-refractivity contribution in [3.8, 4) is 0 Å². The third kappa shape index (κ3) is 4.03. The Morgan fingerprint density at radius 2 is 2.00 bits per heavy atom. The molecule has 0 aromatic heterocycles. The summed E-state index contributed by atoms with van der Waals surface area (Å²) in [6.07, 6.45) is 1.01. The molecule has 0 aliphatic heterocycles. The van der Waals surface area contributed by atoms with Gasteiger partial charge in [-0.1, -0.05) is 24.6 Å². The summed E-state index contributed by atoms with van der Waals surface area (Å²) in [5.41, 5.74) is 1.80. The van der Waals surface area contributed by atoms with Crippen molar-refractivity contribution in [2.45, 2.75) is 32.8 Å². The summed E-state index contributed by atoms with van der Waals surface area (Å²) in [6.45, 7) is 4.42. The van der Waals surface area contributed by atoms with Gasteiger partial charge in [-0.2, -0.15) is 0 Å². The minimum atomic E-state index is -0.321. The maximum Gasteiger partial charge on any atom is 0.251 e. The fourth-order valence-electron chi connectivity index (χ4n) is 1.36. The standard InChI is InChI=1S/C13H19NO2/c1-3-12(15)8-9-14-13(16)11-6-4-10(2)5-7-11/h4-7,12,15H,3,8-9H2,1-2H3,(H,14,16). The number of carbonyl (C=O) groups is 1. The Morgan fingerprint density at radius 3 is 2.56 bits per heavy atom. The van der Waals surface area contributed by atoms with Gasteiger partial charge in [-0.15, -0.1) is 0 Å². The molecule has 0 bridgehead atoms. The summed E-state index contributed by atoms with van der Waals surface area (Å²) in [5, 5.41) is 12.1. The number of carbonyl (C=O) groups excluding carboxylic acids is 1. The number of benzene rings is 1. The Hall–Kier alpha value is -1.35. The first kappa shape index (κ1) is 12.7. The van der Waals surface area contributed by atoms with Crippen molar-refractivity contribution in [3.63, 3.8) is 0 Å². The fourth-order valence-corrected chi connectivity index (χ4v) is 1.36. The lowest BCUT2D eigenvalue weighted by Gasteiger charge is -2.08. The molecule has 3 heteroatoms. The Balaban J connectivity index is 2.38. The topological polar surface area (TPSA) is 49.3 Å². The van der Waals surface area contributed by atoms with Gasteiger partial charge in [0.05, 0.1) is 6.10 Å². The average molecular weight is 221 g/mol. The van der Waals surface area contributed by atoms with Crippen LogP contribution in [0, 0.1) is 6.92 Å². The SMILES string of the molecule is CCC(O)CCNC(=O)c1ccc(C)cc1. The number of aliphatic hydroxyl groups is 1. The molecule has 1 aromatic rings. The zero-order chi connectivity index (χ0) is 12.0. The molecule has 1 atom stereocenters. The largest absolute Gasteiger partial charge is 0.393 e. The lowest BCUT2D eigenvalue weighted by atomic mass is 10.1. The van der Waals surface area contributed by atoms with Crippen LogP contribution in [-0.4, -0.2) is 23.7 Å². The predicted octanol–water partition coefficient (Wildman–Crippen LogP) is 1.89. The van der Waals surface area contributed by atoms with Gasteiger partial charge in [-0.3, -0.25) is 4.79 Å². The van der Waals surface area contributed by atoms with Crippen LogP contribution < -0.4 is 5.32 Å². The lowest BCUT2D eigenvalue weighted by molar-refractivity contribution is 0.0942. The first-order valence-electron chi connectivity index (χ1n) is 5.66. The molecule has 0 saturated heterocycles. The van der Waals surface area contributed by atoms with Gasteiger partial charge in [0.15, 0.2) is 0 Å². The molecule has 1 unspecified atom stereocenters. The molecule has 0 saturated carbocycles. The van der Waals surface area contributed by atoms with Crippen LogP contribution in [0.25, 0.3) is 0 Å². The van der Waals surface area contributed by atoms with Crippen LogP contribution in [0.1, 0.15) is 35.7 Å². The van der Waals surface area contributed by atoms with Crippen LogP contribution >= 0.6 is 0 Å². The van der Waals surface area contributed by atoms with Gasteiger partial charge in [0.25, 0.3) is 5.91 Å². The molecular weight excluding hydrogens is 202 g/mol. The highest BCUT2D eigenvalue weighted by atomic mass is 16.3. The molecular formula is C13H19NO2. The van der Waals surface area contributed by atoms with E-state index in [1.807, 2.05) is 26.0 Å². The molecule has 2 N–H and O–H groups in total. The van der Waals surface area contributed by atoms with Crippen LogP contribution in [0.2, 0.25) is 0 Å². The molecule has 1 aromatic carbocycles. The molecule has 0 spiro atoms. The predicted molar refractivity (Wildman–Crippen MR) is 64.4 cm³/mol. The van der Waals surface area contributed by atoms with E-state index in [4.69, 9.17) is 0 Å². The van der Waals surface area contributed by atoms with Gasteiger partial charge in [-0.25, -0.2) is 0 Å². The third-order valence-corrected chi connectivity index (χ3v) is 2.55. The molecule has 0 aliphatic carbocycles. The van der Waals surface area contributed by atoms with E-state index in [0.717, 1.165) is 12.0 Å². The van der Waals surface area contributed by atoms with Crippen LogP contribution in [0.15, 0.2) is 24.3 Å². The minimum Gasteiger partial charge on any atom is -0.393 e. The molecule has 0 heterocycles. The second-order valence-corrected chi connectivity index (χ2v) is 3.97. The van der Waals surface area contributed by atoms with Crippen LogP contribution in [-0.2, 0) is 0 Å². The van der Waals surface area contributed by atoms with Crippen molar-refractivity contribution in [2.24, 2.45) is 0 Å². The lowest BCUT2D eigenvalue weighted by Crippen LogP contribution is -2.26. The number of hydrogen-bond acceptors (Lipinski definition) is 2. The smallest absolute Gasteiger partial charge is 0.251 e. The van der Waals surface area contributed by atoms with Crippen molar-refractivity contribution in [1.29, 1.82) is 0 Å². The van der Waals surface area contributed by atoms with Gasteiger partial charge >= 0.3 is 0 Å². The Kier molecular flexibility index (Phi) is 4.99. The van der Waals surface area contributed by atoms with E-state index >= 15 is 0 Å². The number of nitrogens with one attached hydrogen (secondary N) is 1. The third-order valence-electron chi connectivity index (χ3n) is 2.55. The average Bonchev–Trinajstić information content (AvgIpc) is 2.29. The Labute approximate surface area is 96.5 Å². The van der Waals surface area contributed by atoms with E-state index < -0.39 is 0 Å². The van der Waals surface area contributed by atoms with E-state index in [1.165, 1.54) is 0 Å².